The Hall–Kier alpha value is -3.08. The Morgan fingerprint density at radius 1 is 0.865 bits per heavy atom. The maximum Gasteiger partial charge on any atom is 0.119 e. The SMILES string of the molecule is CCCCN(CCCC)CCOc1ccc(Cc2c(-c3ccc(O)cc3)ccc3c2C=CC(O)C3)cc1. The Morgan fingerprint density at radius 3 is 2.24 bits per heavy atom. The summed E-state index contributed by atoms with van der Waals surface area (Å²) < 4.78 is 6.10. The van der Waals surface area contributed by atoms with Crippen molar-refractivity contribution in [2.45, 2.75) is 58.5 Å². The van der Waals surface area contributed by atoms with Gasteiger partial charge in [0, 0.05) is 13.0 Å². The maximum atomic E-state index is 10.1. The fourth-order valence-electron chi connectivity index (χ4n) is 5.00. The van der Waals surface area contributed by atoms with Crippen molar-refractivity contribution in [2.75, 3.05) is 26.2 Å². The highest BCUT2D eigenvalue weighted by Crippen LogP contribution is 2.34. The average molecular weight is 500 g/mol. The van der Waals surface area contributed by atoms with Gasteiger partial charge in [-0.15, -0.1) is 0 Å². The van der Waals surface area contributed by atoms with Crippen LogP contribution in [0.4, 0.5) is 0 Å². The molecule has 1 aliphatic carbocycles. The van der Waals surface area contributed by atoms with E-state index >= 15 is 0 Å². The van der Waals surface area contributed by atoms with E-state index in [1.807, 2.05) is 18.2 Å². The van der Waals surface area contributed by atoms with Crippen molar-refractivity contribution in [1.29, 1.82) is 0 Å². The number of rotatable bonds is 13. The zero-order valence-electron chi connectivity index (χ0n) is 22.3. The fourth-order valence-corrected chi connectivity index (χ4v) is 5.00. The molecule has 1 aliphatic rings. The van der Waals surface area contributed by atoms with E-state index in [1.54, 1.807) is 12.1 Å². The molecule has 3 aromatic carbocycles. The molecule has 1 atom stereocenters. The van der Waals surface area contributed by atoms with Crippen molar-refractivity contribution >= 4 is 6.08 Å². The lowest BCUT2D eigenvalue weighted by Gasteiger charge is -2.22. The lowest BCUT2D eigenvalue weighted by atomic mass is 9.84. The Bertz CT molecular complexity index is 1140. The molecule has 196 valence electrons. The van der Waals surface area contributed by atoms with Crippen LogP contribution in [0.1, 0.15) is 61.8 Å². The van der Waals surface area contributed by atoms with Gasteiger partial charge in [0.2, 0.25) is 0 Å². The van der Waals surface area contributed by atoms with Crippen molar-refractivity contribution < 1.29 is 14.9 Å². The van der Waals surface area contributed by atoms with Gasteiger partial charge in [-0.2, -0.15) is 0 Å². The van der Waals surface area contributed by atoms with Gasteiger partial charge in [-0.25, -0.2) is 0 Å². The van der Waals surface area contributed by atoms with E-state index in [4.69, 9.17) is 4.74 Å². The molecule has 2 N–H and O–H groups in total. The van der Waals surface area contributed by atoms with Crippen molar-refractivity contribution in [1.82, 2.24) is 4.90 Å². The van der Waals surface area contributed by atoms with E-state index in [1.165, 1.54) is 47.9 Å². The number of unbranched alkanes of at least 4 members (excludes halogenated alkanes) is 2. The van der Waals surface area contributed by atoms with Crippen LogP contribution >= 0.6 is 0 Å². The van der Waals surface area contributed by atoms with Gasteiger partial charge in [-0.3, -0.25) is 4.90 Å². The zero-order valence-corrected chi connectivity index (χ0v) is 22.3. The molecular weight excluding hydrogens is 458 g/mol. The lowest BCUT2D eigenvalue weighted by molar-refractivity contribution is 0.204. The molecular formula is C33H41NO3. The van der Waals surface area contributed by atoms with Gasteiger partial charge in [0.25, 0.3) is 0 Å². The number of aliphatic hydroxyl groups is 1. The van der Waals surface area contributed by atoms with E-state index in [-0.39, 0.29) is 5.75 Å². The third-order valence-corrected chi connectivity index (χ3v) is 7.18. The first-order chi connectivity index (χ1) is 18.1. The number of fused-ring (bicyclic) bond motifs is 1. The first kappa shape index (κ1) is 27.0. The van der Waals surface area contributed by atoms with Crippen molar-refractivity contribution in [3.8, 4) is 22.6 Å². The molecule has 0 aromatic heterocycles. The second-order valence-corrected chi connectivity index (χ2v) is 10.1. The molecule has 0 heterocycles. The Labute approximate surface area is 222 Å². The zero-order chi connectivity index (χ0) is 26.0. The number of nitrogens with zero attached hydrogens (tertiary/aromatic N) is 1. The van der Waals surface area contributed by atoms with Gasteiger partial charge in [-0.1, -0.05) is 75.2 Å². The largest absolute Gasteiger partial charge is 0.508 e. The van der Waals surface area contributed by atoms with Crippen LogP contribution in [0.15, 0.2) is 66.7 Å². The number of ether oxygens (including phenoxy) is 1. The number of aromatic hydroxyl groups is 1. The standard InChI is InChI=1S/C33H41NO3/c1-3-5-19-34(20-6-4-2)21-22-37-30-15-7-25(8-16-30)23-33-31(26-9-12-28(35)13-10-26)17-11-27-24-29(36)14-18-32(27)33/h7-18,29,35-36H,3-6,19-24H2,1-2H3. The molecule has 1 unspecified atom stereocenters. The summed E-state index contributed by atoms with van der Waals surface area (Å²) in [6.07, 6.45) is 9.84. The highest BCUT2D eigenvalue weighted by molar-refractivity contribution is 5.76. The third kappa shape index (κ3) is 7.47. The second-order valence-electron chi connectivity index (χ2n) is 10.1. The molecule has 0 aliphatic heterocycles. The second kappa shape index (κ2) is 13.5. The highest BCUT2D eigenvalue weighted by Gasteiger charge is 2.18. The van der Waals surface area contributed by atoms with Gasteiger partial charge >= 0.3 is 0 Å². The number of aliphatic hydroxyl groups excluding tert-OH is 1. The molecule has 3 aromatic rings. The van der Waals surface area contributed by atoms with Crippen molar-refractivity contribution in [3.05, 3.63) is 89.0 Å². The highest BCUT2D eigenvalue weighted by atomic mass is 16.5. The minimum Gasteiger partial charge on any atom is -0.508 e. The summed E-state index contributed by atoms with van der Waals surface area (Å²) in [7, 11) is 0. The smallest absolute Gasteiger partial charge is 0.119 e. The topological polar surface area (TPSA) is 52.9 Å². The van der Waals surface area contributed by atoms with Crippen LogP contribution in [0, 0.1) is 0 Å². The maximum absolute atomic E-state index is 10.1. The Balaban J connectivity index is 1.47. The Kier molecular flexibility index (Phi) is 9.81. The van der Waals surface area contributed by atoms with Gasteiger partial charge in [0.15, 0.2) is 0 Å². The van der Waals surface area contributed by atoms with Crippen LogP contribution in [0.5, 0.6) is 11.5 Å². The van der Waals surface area contributed by atoms with E-state index in [0.29, 0.717) is 13.0 Å². The monoisotopic (exact) mass is 499 g/mol. The predicted molar refractivity (Wildman–Crippen MR) is 153 cm³/mol. The van der Waals surface area contributed by atoms with Crippen LogP contribution in [-0.2, 0) is 12.8 Å². The Morgan fingerprint density at radius 2 is 1.57 bits per heavy atom. The van der Waals surface area contributed by atoms with Gasteiger partial charge < -0.3 is 14.9 Å². The number of hydrogen-bond acceptors (Lipinski definition) is 4. The molecule has 0 saturated heterocycles. The van der Waals surface area contributed by atoms with E-state index < -0.39 is 6.10 Å². The van der Waals surface area contributed by atoms with E-state index in [0.717, 1.165) is 42.9 Å². The van der Waals surface area contributed by atoms with E-state index in [9.17, 15) is 10.2 Å². The number of hydrogen-bond donors (Lipinski definition) is 2. The molecule has 4 rings (SSSR count). The summed E-state index contributed by atoms with van der Waals surface area (Å²) >= 11 is 0. The summed E-state index contributed by atoms with van der Waals surface area (Å²) in [6, 6.07) is 20.1. The molecule has 0 fully saturated rings. The summed E-state index contributed by atoms with van der Waals surface area (Å²) in [5, 5.41) is 19.9. The normalized spacial score (nSPS) is 14.6. The molecule has 0 amide bonds. The molecule has 4 nitrogen and oxygen atoms in total. The quantitative estimate of drug-likeness (QED) is 0.270. The number of benzene rings is 3. The van der Waals surface area contributed by atoms with Crippen molar-refractivity contribution in [2.24, 2.45) is 0 Å². The van der Waals surface area contributed by atoms with Crippen LogP contribution in [0.2, 0.25) is 0 Å². The minimum absolute atomic E-state index is 0.265. The molecule has 0 bridgehead atoms. The van der Waals surface area contributed by atoms with Gasteiger partial charge in [-0.05, 0) is 90.0 Å². The number of phenolic OH excluding ortho intramolecular Hbond substituents is 1. The minimum atomic E-state index is -0.434. The predicted octanol–water partition coefficient (Wildman–Crippen LogP) is 6.86. The summed E-state index contributed by atoms with van der Waals surface area (Å²) in [6.45, 7) is 8.45. The summed E-state index contributed by atoms with van der Waals surface area (Å²) in [5.74, 6) is 1.17. The lowest BCUT2D eigenvalue weighted by Crippen LogP contribution is -2.30. The average Bonchev–Trinajstić information content (AvgIpc) is 2.91. The van der Waals surface area contributed by atoms with Crippen LogP contribution in [-0.4, -0.2) is 47.5 Å². The molecule has 4 heteroatoms. The van der Waals surface area contributed by atoms with Crippen LogP contribution in [0.25, 0.3) is 17.2 Å². The van der Waals surface area contributed by atoms with Gasteiger partial charge in [0.05, 0.1) is 6.10 Å². The summed E-state index contributed by atoms with van der Waals surface area (Å²) in [4.78, 5) is 2.52. The van der Waals surface area contributed by atoms with E-state index in [2.05, 4.69) is 61.2 Å². The number of phenols is 1. The van der Waals surface area contributed by atoms with Gasteiger partial charge in [0.1, 0.15) is 18.1 Å². The first-order valence-electron chi connectivity index (χ1n) is 13.8. The van der Waals surface area contributed by atoms with Crippen LogP contribution in [0.3, 0.4) is 0 Å². The first-order valence-corrected chi connectivity index (χ1v) is 13.8. The molecule has 0 radical (unpaired) electrons. The molecule has 37 heavy (non-hydrogen) atoms. The van der Waals surface area contributed by atoms with Crippen molar-refractivity contribution in [3.63, 3.8) is 0 Å². The fraction of sp³-hybridized carbons (Fsp3) is 0.394. The third-order valence-electron chi connectivity index (χ3n) is 7.18. The van der Waals surface area contributed by atoms with Crippen LogP contribution < -0.4 is 4.74 Å². The molecule has 0 spiro atoms. The summed E-state index contributed by atoms with van der Waals surface area (Å²) in [5.41, 5.74) is 7.04. The molecule has 0 saturated carbocycles.